The summed E-state index contributed by atoms with van der Waals surface area (Å²) in [7, 11) is 0. The molecule has 13 heavy (non-hydrogen) atoms. The molecule has 2 N–H and O–H groups in total. The number of hydrogen-bond donors (Lipinski definition) is 2. The summed E-state index contributed by atoms with van der Waals surface area (Å²) in [5.74, 6) is 0. The van der Waals surface area contributed by atoms with Crippen LogP contribution in [0.3, 0.4) is 0 Å². The topological polar surface area (TPSA) is 56.1 Å². The van der Waals surface area contributed by atoms with Crippen LogP contribution in [0.1, 0.15) is 41.5 Å². The minimum absolute atomic E-state index is 0.380. The first-order chi connectivity index (χ1) is 5.64. The molecule has 0 heterocycles. The van der Waals surface area contributed by atoms with E-state index in [0.29, 0.717) is 5.71 Å². The summed E-state index contributed by atoms with van der Waals surface area (Å²) in [6, 6.07) is 0. The lowest BCUT2D eigenvalue weighted by atomic mass is 9.94. The molecule has 0 aliphatic heterocycles. The van der Waals surface area contributed by atoms with E-state index < -0.39 is 5.54 Å². The van der Waals surface area contributed by atoms with Crippen molar-refractivity contribution >= 4 is 5.71 Å². The third-order valence-electron chi connectivity index (χ3n) is 2.20. The average molecular weight is 188 g/mol. The molecule has 78 valence electrons. The average Bonchev–Trinajstić information content (AvgIpc) is 1.99. The third kappa shape index (κ3) is 2.67. The van der Waals surface area contributed by atoms with Crippen molar-refractivity contribution in [1.82, 2.24) is 5.06 Å². The molecule has 0 amide bonds. The molecule has 0 rings (SSSR count). The Morgan fingerprint density at radius 1 is 1.15 bits per heavy atom. The summed E-state index contributed by atoms with van der Waals surface area (Å²) in [6.07, 6.45) is 0. The molecule has 0 saturated carbocycles. The van der Waals surface area contributed by atoms with Crippen molar-refractivity contribution in [2.24, 2.45) is 5.16 Å². The van der Waals surface area contributed by atoms with E-state index in [9.17, 15) is 5.21 Å². The molecule has 0 aromatic rings. The standard InChI is InChI=1S/C9H20N2O2/c1-7(10-12)9(5,6)11(13)8(2,3)4/h12-13H,1-6H3/b10-7+. The Morgan fingerprint density at radius 3 is 1.77 bits per heavy atom. The van der Waals surface area contributed by atoms with Crippen LogP contribution in [-0.2, 0) is 0 Å². The van der Waals surface area contributed by atoms with Crippen LogP contribution < -0.4 is 0 Å². The lowest BCUT2D eigenvalue weighted by Crippen LogP contribution is -2.55. The Hall–Kier alpha value is -0.610. The van der Waals surface area contributed by atoms with E-state index in [1.165, 1.54) is 5.06 Å². The lowest BCUT2D eigenvalue weighted by Gasteiger charge is -2.41. The van der Waals surface area contributed by atoms with Gasteiger partial charge in [-0.2, -0.15) is 5.06 Å². The Labute approximate surface area is 79.8 Å². The molecule has 0 aromatic carbocycles. The maximum absolute atomic E-state index is 9.86. The van der Waals surface area contributed by atoms with E-state index in [2.05, 4.69) is 5.16 Å². The SMILES string of the molecule is C/C(=N\O)C(C)(C)N(O)C(C)(C)C. The predicted molar refractivity (Wildman–Crippen MR) is 52.4 cm³/mol. The van der Waals surface area contributed by atoms with Crippen molar-refractivity contribution in [2.75, 3.05) is 0 Å². The highest BCUT2D eigenvalue weighted by molar-refractivity contribution is 5.90. The first-order valence-electron chi connectivity index (χ1n) is 4.32. The molecule has 0 aliphatic rings. The maximum atomic E-state index is 9.86. The fraction of sp³-hybridized carbons (Fsp3) is 0.889. The molecule has 4 nitrogen and oxygen atoms in total. The summed E-state index contributed by atoms with van der Waals surface area (Å²) in [4.78, 5) is 0. The third-order valence-corrected chi connectivity index (χ3v) is 2.20. The van der Waals surface area contributed by atoms with Crippen LogP contribution in [0.15, 0.2) is 5.16 Å². The zero-order valence-corrected chi connectivity index (χ0v) is 9.29. The minimum atomic E-state index is -0.660. The van der Waals surface area contributed by atoms with Gasteiger partial charge in [-0.25, -0.2) is 0 Å². The van der Waals surface area contributed by atoms with Crippen LogP contribution in [0, 0.1) is 0 Å². The van der Waals surface area contributed by atoms with E-state index in [1.807, 2.05) is 20.8 Å². The van der Waals surface area contributed by atoms with E-state index >= 15 is 0 Å². The van der Waals surface area contributed by atoms with Crippen LogP contribution in [-0.4, -0.2) is 32.3 Å². The zero-order chi connectivity index (χ0) is 10.9. The van der Waals surface area contributed by atoms with Crippen LogP contribution in [0.5, 0.6) is 0 Å². The van der Waals surface area contributed by atoms with E-state index in [1.54, 1.807) is 20.8 Å². The summed E-state index contributed by atoms with van der Waals surface area (Å²) < 4.78 is 0. The summed E-state index contributed by atoms with van der Waals surface area (Å²) in [5, 5.41) is 22.8. The van der Waals surface area contributed by atoms with Gasteiger partial charge in [0, 0.05) is 5.54 Å². The molecule has 0 atom stereocenters. The molecule has 0 unspecified atom stereocenters. The van der Waals surface area contributed by atoms with Crippen molar-refractivity contribution < 1.29 is 10.4 Å². The van der Waals surface area contributed by atoms with Gasteiger partial charge >= 0.3 is 0 Å². The van der Waals surface area contributed by atoms with Crippen LogP contribution in [0.4, 0.5) is 0 Å². The largest absolute Gasteiger partial charge is 0.411 e. The highest BCUT2D eigenvalue weighted by Gasteiger charge is 2.36. The lowest BCUT2D eigenvalue weighted by molar-refractivity contribution is -0.197. The van der Waals surface area contributed by atoms with E-state index in [-0.39, 0.29) is 5.54 Å². The van der Waals surface area contributed by atoms with Gasteiger partial charge in [0.1, 0.15) is 0 Å². The van der Waals surface area contributed by atoms with E-state index in [0.717, 1.165) is 0 Å². The smallest absolute Gasteiger partial charge is 0.0820 e. The summed E-state index contributed by atoms with van der Waals surface area (Å²) >= 11 is 0. The fourth-order valence-corrected chi connectivity index (χ4v) is 1.11. The Bertz CT molecular complexity index is 204. The Kier molecular flexibility index (Phi) is 3.47. The van der Waals surface area contributed by atoms with Gasteiger partial charge in [-0.3, -0.25) is 0 Å². The molecular weight excluding hydrogens is 168 g/mol. The van der Waals surface area contributed by atoms with Gasteiger partial charge in [0.2, 0.25) is 0 Å². The van der Waals surface area contributed by atoms with Crippen LogP contribution in [0.2, 0.25) is 0 Å². The second-order valence-electron chi connectivity index (χ2n) is 4.73. The van der Waals surface area contributed by atoms with Crippen molar-refractivity contribution in [3.8, 4) is 0 Å². The minimum Gasteiger partial charge on any atom is -0.411 e. The molecule has 0 bridgehead atoms. The maximum Gasteiger partial charge on any atom is 0.0820 e. The van der Waals surface area contributed by atoms with Gasteiger partial charge in [0.05, 0.1) is 11.3 Å². The van der Waals surface area contributed by atoms with Crippen LogP contribution >= 0.6 is 0 Å². The monoisotopic (exact) mass is 188 g/mol. The van der Waals surface area contributed by atoms with Crippen molar-refractivity contribution in [1.29, 1.82) is 0 Å². The van der Waals surface area contributed by atoms with Gasteiger partial charge in [-0.15, -0.1) is 0 Å². The van der Waals surface area contributed by atoms with Gasteiger partial charge in [0.25, 0.3) is 0 Å². The van der Waals surface area contributed by atoms with Gasteiger partial charge in [0.15, 0.2) is 0 Å². The Morgan fingerprint density at radius 2 is 1.54 bits per heavy atom. The summed E-state index contributed by atoms with van der Waals surface area (Å²) in [5.41, 5.74) is -0.562. The fourth-order valence-electron chi connectivity index (χ4n) is 1.11. The van der Waals surface area contributed by atoms with Crippen molar-refractivity contribution in [3.05, 3.63) is 0 Å². The van der Waals surface area contributed by atoms with Crippen LogP contribution in [0.25, 0.3) is 0 Å². The molecule has 0 saturated heterocycles. The zero-order valence-electron chi connectivity index (χ0n) is 9.29. The second kappa shape index (κ2) is 3.64. The number of hydroxylamine groups is 2. The molecule has 0 spiro atoms. The second-order valence-corrected chi connectivity index (χ2v) is 4.73. The normalized spacial score (nSPS) is 15.2. The molecule has 4 heteroatoms. The highest BCUT2D eigenvalue weighted by Crippen LogP contribution is 2.23. The number of rotatable bonds is 2. The highest BCUT2D eigenvalue weighted by atomic mass is 16.5. The molecule has 0 radical (unpaired) electrons. The first kappa shape index (κ1) is 12.4. The van der Waals surface area contributed by atoms with Gasteiger partial charge in [-0.05, 0) is 41.5 Å². The molecular formula is C9H20N2O2. The Balaban J connectivity index is 4.85. The predicted octanol–water partition coefficient (Wildman–Crippen LogP) is 2.10. The number of nitrogens with zero attached hydrogens (tertiary/aromatic N) is 2. The quantitative estimate of drug-likeness (QED) is 0.396. The van der Waals surface area contributed by atoms with Crippen molar-refractivity contribution in [2.45, 2.75) is 52.6 Å². The van der Waals surface area contributed by atoms with Gasteiger partial charge in [-0.1, -0.05) is 5.16 Å². The van der Waals surface area contributed by atoms with E-state index in [4.69, 9.17) is 5.21 Å². The number of oxime groups is 1. The number of hydrogen-bond acceptors (Lipinski definition) is 4. The summed E-state index contributed by atoms with van der Waals surface area (Å²) in [6.45, 7) is 10.9. The van der Waals surface area contributed by atoms with Crippen molar-refractivity contribution in [3.63, 3.8) is 0 Å². The first-order valence-corrected chi connectivity index (χ1v) is 4.32. The molecule has 0 aromatic heterocycles. The van der Waals surface area contributed by atoms with Gasteiger partial charge < -0.3 is 10.4 Å². The molecule has 0 fully saturated rings. The molecule has 0 aliphatic carbocycles.